The molecule has 0 spiro atoms. The molecular formula is C41H29NO4. The van der Waals surface area contributed by atoms with Gasteiger partial charge in [0.25, 0.3) is 0 Å². The number of hydrogen-bond acceptors (Lipinski definition) is 4. The van der Waals surface area contributed by atoms with Gasteiger partial charge in [-0.05, 0) is 64.6 Å². The highest BCUT2D eigenvalue weighted by atomic mass is 16.2. The van der Waals surface area contributed by atoms with Crippen molar-refractivity contribution >= 4 is 40.2 Å². The van der Waals surface area contributed by atoms with E-state index < -0.39 is 34.5 Å². The molecule has 3 aliphatic rings. The van der Waals surface area contributed by atoms with Crippen molar-refractivity contribution in [1.82, 2.24) is 0 Å². The third-order valence-corrected chi connectivity index (χ3v) is 10.1. The molecule has 5 aromatic carbocycles. The van der Waals surface area contributed by atoms with Crippen molar-refractivity contribution < 1.29 is 19.2 Å². The number of benzene rings is 5. The van der Waals surface area contributed by atoms with Gasteiger partial charge in [0, 0.05) is 5.56 Å². The average molecular weight is 600 g/mol. The number of imide groups is 1. The Morgan fingerprint density at radius 2 is 0.891 bits per heavy atom. The minimum Gasteiger partial charge on any atom is -0.297 e. The van der Waals surface area contributed by atoms with Gasteiger partial charge in [-0.2, -0.15) is 0 Å². The van der Waals surface area contributed by atoms with Crippen LogP contribution >= 0.6 is 0 Å². The Balaban J connectivity index is 1.52. The van der Waals surface area contributed by atoms with Gasteiger partial charge in [-0.15, -0.1) is 0 Å². The summed E-state index contributed by atoms with van der Waals surface area (Å²) in [4.78, 5) is 59.1. The van der Waals surface area contributed by atoms with E-state index >= 15 is 4.79 Å². The lowest BCUT2D eigenvalue weighted by Gasteiger charge is -2.39. The average Bonchev–Trinajstić information content (AvgIpc) is 3.62. The van der Waals surface area contributed by atoms with Crippen LogP contribution in [0, 0.1) is 11.8 Å². The number of Topliss-reactive ketones (excluding diaryl/α,β-unsaturated/α-hetero) is 2. The van der Waals surface area contributed by atoms with Crippen molar-refractivity contribution in [3.63, 3.8) is 0 Å². The molecule has 5 nitrogen and oxygen atoms in total. The van der Waals surface area contributed by atoms with E-state index in [0.29, 0.717) is 22.4 Å². The second-order valence-electron chi connectivity index (χ2n) is 12.2. The highest BCUT2D eigenvalue weighted by Gasteiger charge is 2.82. The first-order valence-corrected chi connectivity index (χ1v) is 15.4. The smallest absolute Gasteiger partial charge is 0.239 e. The largest absolute Gasteiger partial charge is 0.297 e. The summed E-state index contributed by atoms with van der Waals surface area (Å²) in [6.07, 6.45) is 0. The van der Waals surface area contributed by atoms with Crippen LogP contribution in [0.4, 0.5) is 5.69 Å². The van der Waals surface area contributed by atoms with E-state index in [1.165, 1.54) is 11.8 Å². The van der Waals surface area contributed by atoms with Gasteiger partial charge in [0.15, 0.2) is 11.6 Å². The summed E-state index contributed by atoms with van der Waals surface area (Å²) < 4.78 is 0. The summed E-state index contributed by atoms with van der Waals surface area (Å²) in [6, 6.07) is 45.1. The molecule has 8 rings (SSSR count). The predicted molar refractivity (Wildman–Crippen MR) is 177 cm³/mol. The first-order valence-electron chi connectivity index (χ1n) is 15.4. The number of anilines is 1. The lowest BCUT2D eigenvalue weighted by atomic mass is 9.59. The zero-order valence-electron chi connectivity index (χ0n) is 25.1. The van der Waals surface area contributed by atoms with Crippen LogP contribution < -0.4 is 4.90 Å². The lowest BCUT2D eigenvalue weighted by molar-refractivity contribution is -0.130. The molecule has 0 radical (unpaired) electrons. The van der Waals surface area contributed by atoms with Crippen LogP contribution in [0.5, 0.6) is 0 Å². The lowest BCUT2D eigenvalue weighted by Crippen LogP contribution is -2.45. The number of carbonyl (C=O) groups is 4. The number of hydrogen-bond donors (Lipinski definition) is 0. The van der Waals surface area contributed by atoms with Crippen LogP contribution in [0.1, 0.15) is 39.5 Å². The van der Waals surface area contributed by atoms with Gasteiger partial charge in [-0.3, -0.25) is 19.2 Å². The second kappa shape index (κ2) is 10.2. The maximum absolute atomic E-state index is 15.8. The van der Waals surface area contributed by atoms with Crippen LogP contribution in [0.15, 0.2) is 146 Å². The van der Waals surface area contributed by atoms with E-state index in [-0.39, 0.29) is 11.6 Å². The van der Waals surface area contributed by atoms with Gasteiger partial charge in [-0.25, -0.2) is 4.90 Å². The first kappa shape index (κ1) is 27.8. The summed E-state index contributed by atoms with van der Waals surface area (Å²) in [6.45, 7) is 1.48. The van der Waals surface area contributed by atoms with Crippen molar-refractivity contribution in [3.8, 4) is 0 Å². The molecule has 4 atom stereocenters. The van der Waals surface area contributed by atoms with Gasteiger partial charge in [-0.1, -0.05) is 121 Å². The minimum atomic E-state index is -1.45. The summed E-state index contributed by atoms with van der Waals surface area (Å²) in [5, 5.41) is 0. The molecule has 5 heteroatoms. The molecule has 2 aliphatic carbocycles. The molecule has 1 saturated carbocycles. The van der Waals surface area contributed by atoms with Gasteiger partial charge in [0.2, 0.25) is 11.8 Å². The fourth-order valence-corrected chi connectivity index (χ4v) is 8.43. The maximum Gasteiger partial charge on any atom is 0.239 e. The molecule has 1 heterocycles. The summed E-state index contributed by atoms with van der Waals surface area (Å²) in [5.41, 5.74) is 2.53. The topological polar surface area (TPSA) is 71.5 Å². The predicted octanol–water partition coefficient (Wildman–Crippen LogP) is 7.08. The molecule has 2 bridgehead atoms. The van der Waals surface area contributed by atoms with Crippen LogP contribution in [0.3, 0.4) is 0 Å². The maximum atomic E-state index is 15.8. The Kier molecular flexibility index (Phi) is 6.16. The molecule has 0 unspecified atom stereocenters. The number of allylic oxidation sites excluding steroid dienone is 2. The fourth-order valence-electron chi connectivity index (χ4n) is 8.43. The number of carbonyl (C=O) groups excluding carboxylic acids is 4. The van der Waals surface area contributed by atoms with Gasteiger partial charge in [0.1, 0.15) is 0 Å². The molecule has 1 saturated heterocycles. The van der Waals surface area contributed by atoms with E-state index in [2.05, 4.69) is 0 Å². The number of fused-ring (bicyclic) bond motifs is 5. The molecular weight excluding hydrogens is 570 g/mol. The zero-order chi connectivity index (χ0) is 31.6. The van der Waals surface area contributed by atoms with Crippen molar-refractivity contribution in [2.45, 2.75) is 17.8 Å². The van der Waals surface area contributed by atoms with E-state index in [1.54, 1.807) is 24.3 Å². The van der Waals surface area contributed by atoms with Crippen molar-refractivity contribution in [3.05, 3.63) is 173 Å². The van der Waals surface area contributed by atoms with Crippen molar-refractivity contribution in [1.29, 1.82) is 0 Å². The number of ketones is 2. The van der Waals surface area contributed by atoms with Crippen LogP contribution in [-0.2, 0) is 25.2 Å². The summed E-state index contributed by atoms with van der Waals surface area (Å²) in [7, 11) is 0. The number of amides is 2. The van der Waals surface area contributed by atoms with Crippen LogP contribution in [0.2, 0.25) is 0 Å². The third-order valence-electron chi connectivity index (χ3n) is 10.1. The minimum absolute atomic E-state index is 0.110. The summed E-state index contributed by atoms with van der Waals surface area (Å²) >= 11 is 0. The summed E-state index contributed by atoms with van der Waals surface area (Å²) in [5.74, 6) is -3.09. The fraction of sp³-hybridized carbons (Fsp3) is 0.122. The highest BCUT2D eigenvalue weighted by molar-refractivity contribution is 6.39. The Labute approximate surface area is 266 Å². The van der Waals surface area contributed by atoms with E-state index in [9.17, 15) is 14.4 Å². The molecule has 0 aromatic heterocycles. The Hall–Kier alpha value is -5.68. The SMILES string of the molecule is CC(=O)c1ccc(N2C(=O)[C@@H]3[C@H](C2=O)[C@@]2(c4ccccc4)C(=O)[C@@]3(c3ccccc3)C(c3ccccc3)=C2c2ccccc2)cc1. The third kappa shape index (κ3) is 3.45. The molecule has 2 amide bonds. The Bertz CT molecular complexity index is 1950. The molecule has 0 N–H and O–H groups in total. The van der Waals surface area contributed by atoms with Crippen LogP contribution in [0.25, 0.3) is 11.1 Å². The molecule has 222 valence electrons. The first-order chi connectivity index (χ1) is 22.4. The van der Waals surface area contributed by atoms with Crippen LogP contribution in [-0.4, -0.2) is 23.4 Å². The normalized spacial score (nSPS) is 24.9. The standard InChI is InChI=1S/C41H29NO4/c1-26(43)27-22-24-32(25-23-27)42-37(44)35-36(38(42)45)41(31-20-12-5-13-21-31)34(29-16-8-3-9-17-29)33(28-14-6-2-7-15-28)40(35,39(41)46)30-18-10-4-11-19-30/h2-25,35-36H,1H3/t35-,36+,40-,41-/m0/s1. The van der Waals surface area contributed by atoms with E-state index in [0.717, 1.165) is 22.3 Å². The molecule has 2 fully saturated rings. The van der Waals surface area contributed by atoms with Crippen molar-refractivity contribution in [2.75, 3.05) is 4.90 Å². The van der Waals surface area contributed by atoms with E-state index in [4.69, 9.17) is 0 Å². The van der Waals surface area contributed by atoms with Crippen molar-refractivity contribution in [2.24, 2.45) is 11.8 Å². The quantitative estimate of drug-likeness (QED) is 0.155. The monoisotopic (exact) mass is 599 g/mol. The second-order valence-corrected chi connectivity index (χ2v) is 12.2. The zero-order valence-corrected chi connectivity index (χ0v) is 25.1. The number of rotatable bonds is 6. The molecule has 46 heavy (non-hydrogen) atoms. The molecule has 1 aliphatic heterocycles. The van der Waals surface area contributed by atoms with E-state index in [1.807, 2.05) is 121 Å². The van der Waals surface area contributed by atoms with Gasteiger partial charge < -0.3 is 0 Å². The Morgan fingerprint density at radius 3 is 1.26 bits per heavy atom. The van der Waals surface area contributed by atoms with Gasteiger partial charge in [0.05, 0.1) is 28.4 Å². The number of nitrogens with zero attached hydrogens (tertiary/aromatic N) is 1. The van der Waals surface area contributed by atoms with Gasteiger partial charge >= 0.3 is 0 Å². The molecule has 5 aromatic rings. The highest BCUT2D eigenvalue weighted by Crippen LogP contribution is 2.74. The Morgan fingerprint density at radius 1 is 0.522 bits per heavy atom.